The fourth-order valence-electron chi connectivity index (χ4n) is 1.66. The average molecular weight is 341 g/mol. The molecular weight excluding hydrogens is 328 g/mol. The Morgan fingerprint density at radius 1 is 1.23 bits per heavy atom. The van der Waals surface area contributed by atoms with E-state index in [9.17, 15) is 17.6 Å². The van der Waals surface area contributed by atoms with Crippen LogP contribution in [0.1, 0.15) is 18.8 Å². The summed E-state index contributed by atoms with van der Waals surface area (Å²) in [5, 5.41) is 6.99. The number of benzene rings is 1. The summed E-state index contributed by atoms with van der Waals surface area (Å²) < 4.78 is 57.1. The molecule has 5 nitrogen and oxygen atoms in total. The van der Waals surface area contributed by atoms with E-state index in [1.807, 2.05) is 0 Å². The van der Waals surface area contributed by atoms with E-state index in [2.05, 4.69) is 10.2 Å². The van der Waals surface area contributed by atoms with E-state index >= 15 is 0 Å². The maximum absolute atomic E-state index is 12.8. The second-order valence-electron chi connectivity index (χ2n) is 4.16. The van der Waals surface area contributed by atoms with E-state index < -0.39 is 23.9 Å². The van der Waals surface area contributed by atoms with E-state index in [0.717, 1.165) is 16.7 Å². The summed E-state index contributed by atoms with van der Waals surface area (Å²) in [6, 6.07) is 2.57. The van der Waals surface area contributed by atoms with Gasteiger partial charge in [0.25, 0.3) is 0 Å². The maximum Gasteiger partial charge on any atom is 0.410 e. The number of alkyl halides is 3. The fraction of sp³-hybridized carbons (Fsp3) is 0.333. The van der Waals surface area contributed by atoms with Gasteiger partial charge in [0.15, 0.2) is 11.9 Å². The lowest BCUT2D eigenvalue weighted by molar-refractivity contribution is -0.151. The van der Waals surface area contributed by atoms with Gasteiger partial charge in [0.1, 0.15) is 11.6 Å². The molecule has 0 bridgehead atoms. The highest BCUT2D eigenvalue weighted by molar-refractivity contribution is 5.85. The zero-order chi connectivity index (χ0) is 15.6. The van der Waals surface area contributed by atoms with Gasteiger partial charge < -0.3 is 10.5 Å². The van der Waals surface area contributed by atoms with Crippen molar-refractivity contribution in [2.45, 2.75) is 25.7 Å². The standard InChI is InChI=1S/C12H12F4N4O.ClH/c1-2-20-10(9(17)12(14,15)16)18-19-11(20)21-8-5-3-7(13)4-6-8;/h3-6,9H,2,17H2,1H3;1H. The number of nitrogens with zero attached hydrogens (tertiary/aromatic N) is 3. The number of aromatic nitrogens is 3. The van der Waals surface area contributed by atoms with Crippen LogP contribution in [0.3, 0.4) is 0 Å². The van der Waals surface area contributed by atoms with Crippen LogP contribution in [0.2, 0.25) is 0 Å². The Kier molecular flexibility index (Phi) is 5.72. The van der Waals surface area contributed by atoms with Gasteiger partial charge in [0, 0.05) is 6.54 Å². The minimum Gasteiger partial charge on any atom is -0.424 e. The Labute approximate surface area is 129 Å². The maximum atomic E-state index is 12.8. The third-order valence-electron chi connectivity index (χ3n) is 2.72. The Hall–Kier alpha value is -1.87. The van der Waals surface area contributed by atoms with Crippen molar-refractivity contribution in [1.82, 2.24) is 14.8 Å². The van der Waals surface area contributed by atoms with Crippen molar-refractivity contribution < 1.29 is 22.3 Å². The zero-order valence-corrected chi connectivity index (χ0v) is 12.2. The highest BCUT2D eigenvalue weighted by atomic mass is 35.5. The summed E-state index contributed by atoms with van der Waals surface area (Å²) in [7, 11) is 0. The SMILES string of the molecule is CCn1c(Oc2ccc(F)cc2)nnc1C(N)C(F)(F)F.Cl. The molecule has 10 heteroatoms. The lowest BCUT2D eigenvalue weighted by atomic mass is 10.3. The van der Waals surface area contributed by atoms with Crippen molar-refractivity contribution in [3.63, 3.8) is 0 Å². The van der Waals surface area contributed by atoms with Crippen LogP contribution in [0, 0.1) is 5.82 Å². The molecule has 0 aliphatic rings. The number of rotatable bonds is 4. The molecule has 0 saturated carbocycles. The summed E-state index contributed by atoms with van der Waals surface area (Å²) in [5.74, 6) is -0.674. The average Bonchev–Trinajstić information content (AvgIpc) is 2.82. The second-order valence-corrected chi connectivity index (χ2v) is 4.16. The van der Waals surface area contributed by atoms with E-state index in [-0.39, 0.29) is 30.7 Å². The van der Waals surface area contributed by atoms with Crippen LogP contribution in [0.25, 0.3) is 0 Å². The molecule has 1 aromatic carbocycles. The van der Waals surface area contributed by atoms with Gasteiger partial charge in [-0.3, -0.25) is 4.57 Å². The Morgan fingerprint density at radius 3 is 2.32 bits per heavy atom. The summed E-state index contributed by atoms with van der Waals surface area (Å²) in [4.78, 5) is 0. The molecule has 1 atom stereocenters. The molecule has 0 radical (unpaired) electrons. The van der Waals surface area contributed by atoms with E-state index in [1.165, 1.54) is 12.1 Å². The number of ether oxygens (including phenoxy) is 1. The molecule has 0 amide bonds. The van der Waals surface area contributed by atoms with Gasteiger partial charge in [-0.05, 0) is 31.2 Å². The molecule has 22 heavy (non-hydrogen) atoms. The third-order valence-corrected chi connectivity index (χ3v) is 2.72. The molecule has 2 N–H and O–H groups in total. The van der Waals surface area contributed by atoms with Crippen LogP contribution in [-0.2, 0) is 6.54 Å². The normalized spacial score (nSPS) is 12.6. The van der Waals surface area contributed by atoms with Crippen LogP contribution in [-0.4, -0.2) is 20.9 Å². The summed E-state index contributed by atoms with van der Waals surface area (Å²) in [5.41, 5.74) is 5.12. The molecule has 0 spiro atoms. The first-order valence-corrected chi connectivity index (χ1v) is 6.01. The number of halogens is 5. The number of hydrogen-bond acceptors (Lipinski definition) is 4. The summed E-state index contributed by atoms with van der Waals surface area (Å²) in [6.07, 6.45) is -4.63. The minimum absolute atomic E-state index is 0. The van der Waals surface area contributed by atoms with Crippen molar-refractivity contribution in [2.75, 3.05) is 0 Å². The summed E-state index contributed by atoms with van der Waals surface area (Å²) in [6.45, 7) is 1.75. The van der Waals surface area contributed by atoms with Crippen LogP contribution >= 0.6 is 12.4 Å². The molecule has 122 valence electrons. The van der Waals surface area contributed by atoms with Crippen molar-refractivity contribution >= 4 is 12.4 Å². The Morgan fingerprint density at radius 2 is 1.82 bits per heavy atom. The lowest BCUT2D eigenvalue weighted by Gasteiger charge is -2.15. The van der Waals surface area contributed by atoms with Gasteiger partial charge in [0.2, 0.25) is 0 Å². The molecule has 0 aliphatic carbocycles. The highest BCUT2D eigenvalue weighted by Crippen LogP contribution is 2.31. The number of hydrogen-bond donors (Lipinski definition) is 1. The molecule has 0 fully saturated rings. The first-order chi connectivity index (χ1) is 9.82. The molecule has 0 saturated heterocycles. The van der Waals surface area contributed by atoms with Gasteiger partial charge in [-0.2, -0.15) is 13.2 Å². The molecule has 0 aliphatic heterocycles. The Bertz CT molecular complexity index is 615. The van der Waals surface area contributed by atoms with Crippen molar-refractivity contribution in [3.8, 4) is 11.8 Å². The van der Waals surface area contributed by atoms with Crippen molar-refractivity contribution in [1.29, 1.82) is 0 Å². The van der Waals surface area contributed by atoms with Crippen LogP contribution in [0.5, 0.6) is 11.8 Å². The van der Waals surface area contributed by atoms with Gasteiger partial charge >= 0.3 is 12.2 Å². The predicted molar refractivity (Wildman–Crippen MR) is 72.4 cm³/mol. The van der Waals surface area contributed by atoms with Crippen molar-refractivity contribution in [2.24, 2.45) is 5.73 Å². The largest absolute Gasteiger partial charge is 0.424 e. The van der Waals surface area contributed by atoms with E-state index in [0.29, 0.717) is 0 Å². The molecule has 2 aromatic rings. The second kappa shape index (κ2) is 6.93. The van der Waals surface area contributed by atoms with Gasteiger partial charge in [-0.15, -0.1) is 17.5 Å². The van der Waals surface area contributed by atoms with E-state index in [4.69, 9.17) is 10.5 Å². The minimum atomic E-state index is -4.63. The molecular formula is C12H13ClF4N4O. The molecule has 1 unspecified atom stereocenters. The first-order valence-electron chi connectivity index (χ1n) is 6.01. The monoisotopic (exact) mass is 340 g/mol. The Balaban J connectivity index is 0.00000242. The van der Waals surface area contributed by atoms with Gasteiger partial charge in [-0.1, -0.05) is 5.10 Å². The topological polar surface area (TPSA) is 66.0 Å². The predicted octanol–water partition coefficient (Wildman–Crippen LogP) is 3.21. The smallest absolute Gasteiger partial charge is 0.410 e. The van der Waals surface area contributed by atoms with Crippen LogP contribution < -0.4 is 10.5 Å². The third kappa shape index (κ3) is 3.86. The van der Waals surface area contributed by atoms with Gasteiger partial charge in [0.05, 0.1) is 0 Å². The summed E-state index contributed by atoms with van der Waals surface area (Å²) >= 11 is 0. The highest BCUT2D eigenvalue weighted by Gasteiger charge is 2.41. The molecule has 2 rings (SSSR count). The zero-order valence-electron chi connectivity index (χ0n) is 11.3. The fourth-order valence-corrected chi connectivity index (χ4v) is 1.66. The van der Waals surface area contributed by atoms with Crippen LogP contribution in [0.4, 0.5) is 17.6 Å². The first kappa shape index (κ1) is 18.2. The lowest BCUT2D eigenvalue weighted by Crippen LogP contribution is -2.31. The van der Waals surface area contributed by atoms with Crippen LogP contribution in [0.15, 0.2) is 24.3 Å². The quantitative estimate of drug-likeness (QED) is 0.868. The molecule has 1 aromatic heterocycles. The van der Waals surface area contributed by atoms with E-state index in [1.54, 1.807) is 6.92 Å². The van der Waals surface area contributed by atoms with Crippen molar-refractivity contribution in [3.05, 3.63) is 35.9 Å². The van der Waals surface area contributed by atoms with Gasteiger partial charge in [-0.25, -0.2) is 4.39 Å². The molecule has 1 heterocycles. The number of nitrogens with two attached hydrogens (primary N) is 1.